The van der Waals surface area contributed by atoms with Crippen LogP contribution in [0.15, 0.2) is 17.0 Å². The molecule has 2 amide bonds. The van der Waals surface area contributed by atoms with Gasteiger partial charge in [-0.1, -0.05) is 6.07 Å². The fourth-order valence-corrected chi connectivity index (χ4v) is 2.94. The van der Waals surface area contributed by atoms with Gasteiger partial charge in [-0.2, -0.15) is 0 Å². The largest absolute Gasteiger partial charge is 0.496 e. The first kappa shape index (κ1) is 16.1. The summed E-state index contributed by atoms with van der Waals surface area (Å²) in [6, 6.07) is 3.59. The normalized spacial score (nSPS) is 16.5. The number of imide groups is 1. The summed E-state index contributed by atoms with van der Waals surface area (Å²) < 4.78 is 5.23. The summed E-state index contributed by atoms with van der Waals surface area (Å²) in [7, 11) is 1.58. The Morgan fingerprint density at radius 2 is 2.00 bits per heavy atom. The number of methoxy groups -OCH3 is 1. The Hall–Kier alpha value is -2.28. The number of ether oxygens (including phenoxy) is 1. The summed E-state index contributed by atoms with van der Waals surface area (Å²) in [6.45, 7) is 3.18. The molecule has 1 aromatic carbocycles. The minimum Gasteiger partial charge on any atom is -0.496 e. The van der Waals surface area contributed by atoms with E-state index in [-0.39, 0.29) is 4.91 Å². The number of carboxylic acid groups (broad SMARTS) is 1. The third-order valence-corrected chi connectivity index (χ3v) is 4.36. The number of carbonyl (C=O) groups is 3. The number of carboxylic acids is 1. The average molecular weight is 321 g/mol. The van der Waals surface area contributed by atoms with E-state index in [4.69, 9.17) is 9.84 Å². The van der Waals surface area contributed by atoms with E-state index in [0.717, 1.165) is 39.1 Å². The van der Waals surface area contributed by atoms with E-state index < -0.39 is 23.7 Å². The van der Waals surface area contributed by atoms with Crippen LogP contribution in [0.2, 0.25) is 0 Å². The lowest BCUT2D eigenvalue weighted by Gasteiger charge is -2.10. The van der Waals surface area contributed by atoms with Gasteiger partial charge >= 0.3 is 5.97 Å². The zero-order chi connectivity index (χ0) is 16.4. The number of aliphatic carboxylic acids is 1. The minimum atomic E-state index is -1.22. The zero-order valence-corrected chi connectivity index (χ0v) is 13.2. The van der Waals surface area contributed by atoms with Crippen molar-refractivity contribution in [2.45, 2.75) is 13.8 Å². The molecule has 0 bridgehead atoms. The van der Waals surface area contributed by atoms with Gasteiger partial charge < -0.3 is 9.84 Å². The predicted octanol–water partition coefficient (Wildman–Crippen LogP) is 2.43. The quantitative estimate of drug-likeness (QED) is 0.858. The van der Waals surface area contributed by atoms with Crippen LogP contribution in [0, 0.1) is 13.8 Å². The van der Waals surface area contributed by atoms with Crippen molar-refractivity contribution in [2.75, 3.05) is 13.7 Å². The zero-order valence-electron chi connectivity index (χ0n) is 12.4. The van der Waals surface area contributed by atoms with Crippen molar-refractivity contribution in [3.8, 4) is 5.75 Å². The highest BCUT2D eigenvalue weighted by Crippen LogP contribution is 2.33. The number of thioether (sulfide) groups is 1. The Bertz CT molecular complexity index is 695. The van der Waals surface area contributed by atoms with E-state index in [2.05, 4.69) is 0 Å². The first-order valence-corrected chi connectivity index (χ1v) is 7.28. The van der Waals surface area contributed by atoms with Crippen molar-refractivity contribution in [3.05, 3.63) is 33.7 Å². The SMILES string of the molecule is COc1ccc(/C=C2\SC(=O)N(CC(=O)O)C2=O)c(C)c1C. The summed E-state index contributed by atoms with van der Waals surface area (Å²) in [5.41, 5.74) is 2.67. The maximum atomic E-state index is 12.1. The highest BCUT2D eigenvalue weighted by Gasteiger charge is 2.36. The summed E-state index contributed by atoms with van der Waals surface area (Å²) in [4.78, 5) is 35.5. The van der Waals surface area contributed by atoms with Crippen molar-refractivity contribution in [3.63, 3.8) is 0 Å². The lowest BCUT2D eigenvalue weighted by Crippen LogP contribution is -2.33. The van der Waals surface area contributed by atoms with Gasteiger partial charge in [0.1, 0.15) is 12.3 Å². The molecule has 0 saturated carbocycles. The average Bonchev–Trinajstić information content (AvgIpc) is 2.71. The van der Waals surface area contributed by atoms with E-state index in [9.17, 15) is 14.4 Å². The van der Waals surface area contributed by atoms with Crippen LogP contribution in [-0.2, 0) is 9.59 Å². The maximum absolute atomic E-state index is 12.1. The summed E-state index contributed by atoms with van der Waals surface area (Å²) in [6.07, 6.45) is 1.61. The van der Waals surface area contributed by atoms with Crippen LogP contribution in [0.25, 0.3) is 6.08 Å². The summed E-state index contributed by atoms with van der Waals surface area (Å²) >= 11 is 0.747. The molecule has 116 valence electrons. The minimum absolute atomic E-state index is 0.221. The molecule has 1 fully saturated rings. The van der Waals surface area contributed by atoms with Crippen molar-refractivity contribution in [1.82, 2.24) is 4.90 Å². The van der Waals surface area contributed by atoms with Crippen molar-refractivity contribution in [2.24, 2.45) is 0 Å². The maximum Gasteiger partial charge on any atom is 0.323 e. The summed E-state index contributed by atoms with van der Waals surface area (Å²) in [5, 5.41) is 8.17. The predicted molar refractivity (Wildman–Crippen MR) is 82.8 cm³/mol. The molecule has 0 unspecified atom stereocenters. The fourth-order valence-electron chi connectivity index (χ4n) is 2.11. The van der Waals surface area contributed by atoms with Crippen LogP contribution in [0.5, 0.6) is 5.75 Å². The molecular weight excluding hydrogens is 306 g/mol. The van der Waals surface area contributed by atoms with Gasteiger partial charge in [0, 0.05) is 0 Å². The molecule has 1 N–H and O–H groups in total. The number of carbonyl (C=O) groups excluding carboxylic acids is 2. The topological polar surface area (TPSA) is 83.9 Å². The van der Waals surface area contributed by atoms with Crippen molar-refractivity contribution < 1.29 is 24.2 Å². The lowest BCUT2D eigenvalue weighted by atomic mass is 10.0. The first-order chi connectivity index (χ1) is 10.3. The molecule has 1 aliphatic heterocycles. The van der Waals surface area contributed by atoms with E-state index >= 15 is 0 Å². The number of nitrogens with zero attached hydrogens (tertiary/aromatic N) is 1. The van der Waals surface area contributed by atoms with Gasteiger partial charge in [-0.25, -0.2) is 0 Å². The molecule has 2 rings (SSSR count). The number of hydrogen-bond donors (Lipinski definition) is 1. The van der Waals surface area contributed by atoms with Gasteiger partial charge in [0.05, 0.1) is 12.0 Å². The highest BCUT2D eigenvalue weighted by molar-refractivity contribution is 8.18. The number of benzene rings is 1. The second-order valence-corrected chi connectivity index (χ2v) is 5.76. The second-order valence-electron chi connectivity index (χ2n) is 4.77. The van der Waals surface area contributed by atoms with Crippen LogP contribution in [0.3, 0.4) is 0 Å². The molecular formula is C15H15NO5S. The lowest BCUT2D eigenvalue weighted by molar-refractivity contribution is -0.140. The second kappa shape index (κ2) is 6.23. The van der Waals surface area contributed by atoms with Crippen LogP contribution in [-0.4, -0.2) is 40.8 Å². The van der Waals surface area contributed by atoms with Gasteiger partial charge in [-0.05, 0) is 54.4 Å². The Labute approximate surface area is 131 Å². The molecule has 7 heteroatoms. The molecule has 22 heavy (non-hydrogen) atoms. The monoisotopic (exact) mass is 321 g/mol. The van der Waals surface area contributed by atoms with Gasteiger partial charge in [0.2, 0.25) is 0 Å². The number of rotatable bonds is 4. The van der Waals surface area contributed by atoms with Gasteiger partial charge in [0.25, 0.3) is 11.1 Å². The third-order valence-electron chi connectivity index (χ3n) is 3.45. The van der Waals surface area contributed by atoms with Gasteiger partial charge in [0.15, 0.2) is 0 Å². The molecule has 0 aliphatic carbocycles. The van der Waals surface area contributed by atoms with Gasteiger partial charge in [-0.3, -0.25) is 19.3 Å². The molecule has 0 aromatic heterocycles. The molecule has 6 nitrogen and oxygen atoms in total. The van der Waals surface area contributed by atoms with E-state index in [1.165, 1.54) is 0 Å². The molecule has 1 heterocycles. The number of amides is 2. The highest BCUT2D eigenvalue weighted by atomic mass is 32.2. The molecule has 1 aliphatic rings. The number of hydrogen-bond acceptors (Lipinski definition) is 5. The van der Waals surface area contributed by atoms with Gasteiger partial charge in [-0.15, -0.1) is 0 Å². The standard InChI is InChI=1S/C15H15NO5S/c1-8-9(2)11(21-3)5-4-10(8)6-12-14(19)16(7-13(17)18)15(20)22-12/h4-6H,7H2,1-3H3,(H,17,18)/b12-6-. The van der Waals surface area contributed by atoms with Crippen LogP contribution >= 0.6 is 11.8 Å². The van der Waals surface area contributed by atoms with Crippen LogP contribution < -0.4 is 4.74 Å². The Morgan fingerprint density at radius 1 is 1.32 bits per heavy atom. The summed E-state index contributed by atoms with van der Waals surface area (Å²) in [5.74, 6) is -1.06. The van der Waals surface area contributed by atoms with Crippen LogP contribution in [0.4, 0.5) is 4.79 Å². The molecule has 1 saturated heterocycles. The van der Waals surface area contributed by atoms with E-state index in [0.29, 0.717) is 0 Å². The van der Waals surface area contributed by atoms with E-state index in [1.807, 2.05) is 13.8 Å². The molecule has 0 atom stereocenters. The smallest absolute Gasteiger partial charge is 0.323 e. The van der Waals surface area contributed by atoms with Crippen LogP contribution in [0.1, 0.15) is 16.7 Å². The first-order valence-electron chi connectivity index (χ1n) is 6.46. The molecule has 1 aromatic rings. The Balaban J connectivity index is 2.35. The van der Waals surface area contributed by atoms with Crippen molar-refractivity contribution in [1.29, 1.82) is 0 Å². The van der Waals surface area contributed by atoms with E-state index in [1.54, 1.807) is 25.3 Å². The Kier molecular flexibility index (Phi) is 4.56. The van der Waals surface area contributed by atoms with Crippen molar-refractivity contribution >= 4 is 35.0 Å². The Morgan fingerprint density at radius 3 is 2.59 bits per heavy atom. The molecule has 0 radical (unpaired) electrons. The third kappa shape index (κ3) is 2.99. The molecule has 0 spiro atoms. The fraction of sp³-hybridized carbons (Fsp3) is 0.267.